The van der Waals surface area contributed by atoms with E-state index in [4.69, 9.17) is 0 Å². The smallest absolute Gasteiger partial charge is 0.123 e. The zero-order valence-electron chi connectivity index (χ0n) is 7.97. The van der Waals surface area contributed by atoms with Gasteiger partial charge in [0.05, 0.1) is 0 Å². The van der Waals surface area contributed by atoms with Gasteiger partial charge in [-0.2, -0.15) is 0 Å². The lowest BCUT2D eigenvalue weighted by molar-refractivity contribution is -0.107. The highest BCUT2D eigenvalue weighted by atomic mass is 79.9. The number of alkyl halides is 1. The van der Waals surface area contributed by atoms with Gasteiger partial charge in [-0.1, -0.05) is 28.1 Å². The van der Waals surface area contributed by atoms with Crippen LogP contribution < -0.4 is 0 Å². The fourth-order valence-electron chi connectivity index (χ4n) is 1.27. The number of carbonyl (C=O) groups excluding carboxylic acids is 1. The predicted molar refractivity (Wildman–Crippen MR) is 58.1 cm³/mol. The first kappa shape index (κ1) is 11.4. The Labute approximate surface area is 91.5 Å². The maximum Gasteiger partial charge on any atom is 0.123 e. The molecule has 0 amide bonds. The number of benzene rings is 1. The van der Waals surface area contributed by atoms with E-state index in [1.165, 1.54) is 6.92 Å². The second-order valence-electron chi connectivity index (χ2n) is 3.18. The van der Waals surface area contributed by atoms with Gasteiger partial charge in [-0.05, 0) is 30.5 Å². The molecule has 0 aliphatic carbocycles. The Morgan fingerprint density at radius 2 is 2.29 bits per heavy atom. The van der Waals surface area contributed by atoms with Crippen molar-refractivity contribution in [1.82, 2.24) is 0 Å². The first-order valence-electron chi connectivity index (χ1n) is 4.51. The lowest BCUT2D eigenvalue weighted by Gasteiger charge is -2.07. The van der Waals surface area contributed by atoms with Crippen molar-refractivity contribution in [3.05, 3.63) is 33.8 Å². The number of halogens is 2. The molecular formula is C11H12BrFO. The second kappa shape index (κ2) is 5.25. The van der Waals surface area contributed by atoms with E-state index < -0.39 is 6.17 Å². The molecule has 0 saturated carbocycles. The molecular weight excluding hydrogens is 247 g/mol. The number of hydrogen-bond acceptors (Lipinski definition) is 1. The Bertz CT molecular complexity index is 323. The van der Waals surface area contributed by atoms with Gasteiger partial charge in [-0.15, -0.1) is 0 Å². The largest absolute Gasteiger partial charge is 0.303 e. The molecule has 76 valence electrons. The standard InChI is InChI=1S/C11H12BrFO/c1-8(13)10-5-4-9(3-2-6-14)7-11(10)12/h4-8H,2-3H2,1H3. The molecule has 0 radical (unpaired) electrons. The minimum atomic E-state index is -0.968. The van der Waals surface area contributed by atoms with Gasteiger partial charge in [0.1, 0.15) is 12.5 Å². The van der Waals surface area contributed by atoms with Crippen LogP contribution in [0.15, 0.2) is 22.7 Å². The lowest BCUT2D eigenvalue weighted by atomic mass is 10.1. The fourth-order valence-corrected chi connectivity index (χ4v) is 2.02. The Morgan fingerprint density at radius 1 is 1.57 bits per heavy atom. The molecule has 0 fully saturated rings. The van der Waals surface area contributed by atoms with Gasteiger partial charge in [0.2, 0.25) is 0 Å². The molecule has 1 rings (SSSR count). The molecule has 0 bridgehead atoms. The summed E-state index contributed by atoms with van der Waals surface area (Å²) >= 11 is 3.31. The Hall–Kier alpha value is -0.700. The summed E-state index contributed by atoms with van der Waals surface area (Å²) < 4.78 is 13.8. The first-order chi connectivity index (χ1) is 6.65. The predicted octanol–water partition coefficient (Wildman–Crippen LogP) is 3.61. The Kier molecular flexibility index (Phi) is 4.26. The van der Waals surface area contributed by atoms with E-state index in [0.717, 1.165) is 16.3 Å². The molecule has 0 N–H and O–H groups in total. The van der Waals surface area contributed by atoms with Gasteiger partial charge in [0.25, 0.3) is 0 Å². The third-order valence-corrected chi connectivity index (χ3v) is 2.73. The number of hydrogen-bond donors (Lipinski definition) is 0. The van der Waals surface area contributed by atoms with E-state index in [1.807, 2.05) is 12.1 Å². The lowest BCUT2D eigenvalue weighted by Crippen LogP contribution is -1.91. The SMILES string of the molecule is CC(F)c1ccc(CCC=O)cc1Br. The van der Waals surface area contributed by atoms with Crippen LogP contribution in [0.5, 0.6) is 0 Å². The van der Waals surface area contributed by atoms with Crippen molar-refractivity contribution < 1.29 is 9.18 Å². The van der Waals surface area contributed by atoms with Gasteiger partial charge in [0.15, 0.2) is 0 Å². The molecule has 0 aliphatic rings. The van der Waals surface area contributed by atoms with Crippen LogP contribution in [-0.2, 0) is 11.2 Å². The summed E-state index contributed by atoms with van der Waals surface area (Å²) in [5.41, 5.74) is 1.70. The highest BCUT2D eigenvalue weighted by Crippen LogP contribution is 2.26. The molecule has 0 aromatic heterocycles. The van der Waals surface area contributed by atoms with Gasteiger partial charge in [-0.3, -0.25) is 0 Å². The van der Waals surface area contributed by atoms with Crippen LogP contribution in [0.2, 0.25) is 0 Å². The summed E-state index contributed by atoms with van der Waals surface area (Å²) in [6.07, 6.45) is 1.14. The number of aryl methyl sites for hydroxylation is 1. The second-order valence-corrected chi connectivity index (χ2v) is 4.03. The summed E-state index contributed by atoms with van der Waals surface area (Å²) in [4.78, 5) is 10.2. The quantitative estimate of drug-likeness (QED) is 0.755. The topological polar surface area (TPSA) is 17.1 Å². The van der Waals surface area contributed by atoms with Crippen LogP contribution in [0.25, 0.3) is 0 Å². The monoisotopic (exact) mass is 258 g/mol. The van der Waals surface area contributed by atoms with E-state index in [9.17, 15) is 9.18 Å². The number of carbonyl (C=O) groups is 1. The number of aldehydes is 1. The zero-order chi connectivity index (χ0) is 10.6. The Morgan fingerprint density at radius 3 is 2.79 bits per heavy atom. The van der Waals surface area contributed by atoms with Crippen LogP contribution >= 0.6 is 15.9 Å². The van der Waals surface area contributed by atoms with Crippen molar-refractivity contribution in [3.8, 4) is 0 Å². The van der Waals surface area contributed by atoms with E-state index in [2.05, 4.69) is 15.9 Å². The molecule has 1 atom stereocenters. The average Bonchev–Trinajstić information content (AvgIpc) is 2.14. The summed E-state index contributed by atoms with van der Waals surface area (Å²) in [5.74, 6) is 0. The summed E-state index contributed by atoms with van der Waals surface area (Å²) in [6.45, 7) is 1.51. The maximum absolute atomic E-state index is 13.0. The van der Waals surface area contributed by atoms with E-state index in [1.54, 1.807) is 6.07 Å². The third-order valence-electron chi connectivity index (χ3n) is 2.04. The van der Waals surface area contributed by atoms with Crippen molar-refractivity contribution in [2.45, 2.75) is 25.9 Å². The average molecular weight is 259 g/mol. The summed E-state index contributed by atoms with van der Waals surface area (Å²) in [6, 6.07) is 5.49. The van der Waals surface area contributed by atoms with Crippen molar-refractivity contribution in [2.24, 2.45) is 0 Å². The molecule has 0 saturated heterocycles. The summed E-state index contributed by atoms with van der Waals surface area (Å²) in [5, 5.41) is 0. The minimum Gasteiger partial charge on any atom is -0.303 e. The maximum atomic E-state index is 13.0. The van der Waals surface area contributed by atoms with Crippen molar-refractivity contribution in [2.75, 3.05) is 0 Å². The van der Waals surface area contributed by atoms with Crippen LogP contribution in [0.1, 0.15) is 30.6 Å². The van der Waals surface area contributed by atoms with E-state index in [-0.39, 0.29) is 0 Å². The van der Waals surface area contributed by atoms with Crippen molar-refractivity contribution in [1.29, 1.82) is 0 Å². The molecule has 0 aliphatic heterocycles. The van der Waals surface area contributed by atoms with Crippen LogP contribution in [-0.4, -0.2) is 6.29 Å². The molecule has 0 spiro atoms. The van der Waals surface area contributed by atoms with Crippen molar-refractivity contribution in [3.63, 3.8) is 0 Å². The molecule has 0 heterocycles. The van der Waals surface area contributed by atoms with Gasteiger partial charge in [0, 0.05) is 10.9 Å². The molecule has 1 aromatic carbocycles. The number of rotatable bonds is 4. The van der Waals surface area contributed by atoms with Crippen LogP contribution in [0, 0.1) is 0 Å². The van der Waals surface area contributed by atoms with Crippen molar-refractivity contribution >= 4 is 22.2 Å². The van der Waals surface area contributed by atoms with Gasteiger partial charge in [-0.25, -0.2) is 4.39 Å². The fraction of sp³-hybridized carbons (Fsp3) is 0.364. The van der Waals surface area contributed by atoms with E-state index in [0.29, 0.717) is 18.4 Å². The van der Waals surface area contributed by atoms with Gasteiger partial charge >= 0.3 is 0 Å². The zero-order valence-corrected chi connectivity index (χ0v) is 9.55. The molecule has 1 nitrogen and oxygen atoms in total. The third kappa shape index (κ3) is 2.91. The highest BCUT2D eigenvalue weighted by molar-refractivity contribution is 9.10. The molecule has 1 aromatic rings. The van der Waals surface area contributed by atoms with Crippen LogP contribution in [0.3, 0.4) is 0 Å². The highest BCUT2D eigenvalue weighted by Gasteiger charge is 2.07. The molecule has 1 unspecified atom stereocenters. The summed E-state index contributed by atoms with van der Waals surface area (Å²) in [7, 11) is 0. The van der Waals surface area contributed by atoms with E-state index >= 15 is 0 Å². The molecule has 3 heteroatoms. The first-order valence-corrected chi connectivity index (χ1v) is 5.30. The Balaban J connectivity index is 2.83. The normalized spacial score (nSPS) is 12.5. The minimum absolute atomic E-state index is 0.511. The molecule has 14 heavy (non-hydrogen) atoms. The van der Waals surface area contributed by atoms with Gasteiger partial charge < -0.3 is 4.79 Å². The van der Waals surface area contributed by atoms with Crippen LogP contribution in [0.4, 0.5) is 4.39 Å².